The van der Waals surface area contributed by atoms with Crippen molar-refractivity contribution in [2.45, 2.75) is 37.9 Å². The van der Waals surface area contributed by atoms with Crippen LogP contribution in [0.15, 0.2) is 12.4 Å². The maximum Gasteiger partial charge on any atom is 0.134 e. The molecule has 1 aromatic heterocycles. The van der Waals surface area contributed by atoms with Crippen LogP contribution in [0.2, 0.25) is 0 Å². The van der Waals surface area contributed by atoms with Crippen LogP contribution in [0.25, 0.3) is 0 Å². The summed E-state index contributed by atoms with van der Waals surface area (Å²) in [5.41, 5.74) is 5.59. The molecule has 16 heavy (non-hydrogen) atoms. The molecule has 1 fully saturated rings. The maximum absolute atomic E-state index is 13.8. The molecule has 88 valence electrons. The summed E-state index contributed by atoms with van der Waals surface area (Å²) in [7, 11) is 1.87. The molecule has 0 spiro atoms. The normalized spacial score (nSPS) is 25.4. The highest BCUT2D eigenvalue weighted by atomic mass is 19.1. The summed E-state index contributed by atoms with van der Waals surface area (Å²) in [4.78, 5) is 9.83. The van der Waals surface area contributed by atoms with Gasteiger partial charge in [0, 0.05) is 13.1 Å². The Morgan fingerprint density at radius 2 is 2.12 bits per heavy atom. The van der Waals surface area contributed by atoms with Crippen LogP contribution in [0, 0.1) is 0 Å². The van der Waals surface area contributed by atoms with E-state index < -0.39 is 6.17 Å². The van der Waals surface area contributed by atoms with Crippen LogP contribution in [-0.2, 0) is 0 Å². The van der Waals surface area contributed by atoms with Gasteiger partial charge in [0.2, 0.25) is 0 Å². The van der Waals surface area contributed by atoms with Crippen LogP contribution in [0.4, 0.5) is 16.0 Å². The smallest absolute Gasteiger partial charge is 0.134 e. The number of nitrogen functional groups attached to an aromatic ring is 1. The van der Waals surface area contributed by atoms with E-state index in [0.29, 0.717) is 18.1 Å². The number of nitrogens with two attached hydrogens (primary N) is 1. The SMILES string of the molecule is CN(c1cc(N)ncn1)[C@@H]1CCCC[C@H]1F. The molecular weight excluding hydrogens is 207 g/mol. The molecule has 5 heteroatoms. The van der Waals surface area contributed by atoms with Crippen LogP contribution in [0.5, 0.6) is 0 Å². The first-order valence-electron chi connectivity index (χ1n) is 5.63. The van der Waals surface area contributed by atoms with E-state index in [1.165, 1.54) is 6.33 Å². The second-order valence-corrected chi connectivity index (χ2v) is 4.28. The lowest BCUT2D eigenvalue weighted by Crippen LogP contribution is -2.41. The zero-order chi connectivity index (χ0) is 11.5. The van der Waals surface area contributed by atoms with E-state index in [9.17, 15) is 4.39 Å². The van der Waals surface area contributed by atoms with Crippen LogP contribution in [-0.4, -0.2) is 29.2 Å². The third kappa shape index (κ3) is 2.23. The molecule has 1 aliphatic carbocycles. The Bertz CT molecular complexity index is 358. The Morgan fingerprint density at radius 3 is 2.81 bits per heavy atom. The topological polar surface area (TPSA) is 55.0 Å². The molecule has 2 N–H and O–H groups in total. The predicted octanol–water partition coefficient (Wildman–Crippen LogP) is 1.78. The molecular formula is C11H17FN4. The number of anilines is 2. The number of aromatic nitrogens is 2. The van der Waals surface area contributed by atoms with Crippen molar-refractivity contribution >= 4 is 11.6 Å². The van der Waals surface area contributed by atoms with Gasteiger partial charge in [-0.15, -0.1) is 0 Å². The van der Waals surface area contributed by atoms with E-state index in [1.807, 2.05) is 11.9 Å². The van der Waals surface area contributed by atoms with Crippen molar-refractivity contribution in [1.29, 1.82) is 0 Å². The molecule has 0 amide bonds. The second-order valence-electron chi connectivity index (χ2n) is 4.28. The lowest BCUT2D eigenvalue weighted by molar-refractivity contribution is 0.213. The minimum absolute atomic E-state index is 0.0805. The van der Waals surface area contributed by atoms with E-state index in [0.717, 1.165) is 19.3 Å². The number of hydrogen-bond donors (Lipinski definition) is 1. The Morgan fingerprint density at radius 1 is 1.38 bits per heavy atom. The monoisotopic (exact) mass is 224 g/mol. The van der Waals surface area contributed by atoms with Crippen molar-refractivity contribution in [3.8, 4) is 0 Å². The van der Waals surface area contributed by atoms with Gasteiger partial charge in [-0.2, -0.15) is 0 Å². The second kappa shape index (κ2) is 4.63. The molecule has 0 radical (unpaired) electrons. The summed E-state index contributed by atoms with van der Waals surface area (Å²) in [5, 5.41) is 0. The first-order chi connectivity index (χ1) is 7.68. The zero-order valence-electron chi connectivity index (χ0n) is 9.43. The van der Waals surface area contributed by atoms with E-state index >= 15 is 0 Å². The van der Waals surface area contributed by atoms with E-state index in [1.54, 1.807) is 6.07 Å². The largest absolute Gasteiger partial charge is 0.384 e. The highest BCUT2D eigenvalue weighted by molar-refractivity contribution is 5.46. The minimum Gasteiger partial charge on any atom is -0.384 e. The van der Waals surface area contributed by atoms with Gasteiger partial charge in [0.05, 0.1) is 6.04 Å². The molecule has 0 saturated heterocycles. The quantitative estimate of drug-likeness (QED) is 0.832. The average molecular weight is 224 g/mol. The van der Waals surface area contributed by atoms with E-state index in [-0.39, 0.29) is 6.04 Å². The molecule has 2 rings (SSSR count). The fraction of sp³-hybridized carbons (Fsp3) is 0.636. The molecule has 0 unspecified atom stereocenters. The van der Waals surface area contributed by atoms with Gasteiger partial charge in [-0.05, 0) is 12.8 Å². The van der Waals surface area contributed by atoms with Gasteiger partial charge in [-0.25, -0.2) is 14.4 Å². The van der Waals surface area contributed by atoms with E-state index in [4.69, 9.17) is 5.73 Å². The molecule has 1 saturated carbocycles. The number of halogens is 1. The number of rotatable bonds is 2. The lowest BCUT2D eigenvalue weighted by atomic mass is 9.92. The summed E-state index contributed by atoms with van der Waals surface area (Å²) in [6.45, 7) is 0. The molecule has 1 aliphatic rings. The van der Waals surface area contributed by atoms with Crippen molar-refractivity contribution in [3.63, 3.8) is 0 Å². The number of alkyl halides is 1. The first-order valence-corrected chi connectivity index (χ1v) is 5.63. The van der Waals surface area contributed by atoms with Crippen molar-refractivity contribution in [1.82, 2.24) is 9.97 Å². The van der Waals surface area contributed by atoms with Gasteiger partial charge in [0.1, 0.15) is 24.1 Å². The van der Waals surface area contributed by atoms with Crippen molar-refractivity contribution in [3.05, 3.63) is 12.4 Å². The van der Waals surface area contributed by atoms with Crippen LogP contribution >= 0.6 is 0 Å². The van der Waals surface area contributed by atoms with E-state index in [2.05, 4.69) is 9.97 Å². The van der Waals surface area contributed by atoms with Gasteiger partial charge >= 0.3 is 0 Å². The maximum atomic E-state index is 13.8. The van der Waals surface area contributed by atoms with Crippen LogP contribution in [0.1, 0.15) is 25.7 Å². The fourth-order valence-corrected chi connectivity index (χ4v) is 2.23. The summed E-state index contributed by atoms with van der Waals surface area (Å²) < 4.78 is 13.8. The highest BCUT2D eigenvalue weighted by Crippen LogP contribution is 2.27. The third-order valence-corrected chi connectivity index (χ3v) is 3.18. The molecule has 0 aromatic carbocycles. The van der Waals surface area contributed by atoms with Gasteiger partial charge < -0.3 is 10.6 Å². The molecule has 1 heterocycles. The van der Waals surface area contributed by atoms with Gasteiger partial charge in [0.25, 0.3) is 0 Å². The van der Waals surface area contributed by atoms with Crippen molar-refractivity contribution in [2.24, 2.45) is 0 Å². The summed E-state index contributed by atoms with van der Waals surface area (Å²) in [5.74, 6) is 1.12. The summed E-state index contributed by atoms with van der Waals surface area (Å²) in [6.07, 6.45) is 4.23. The Balaban J connectivity index is 2.14. The Labute approximate surface area is 94.7 Å². The average Bonchev–Trinajstić information content (AvgIpc) is 2.29. The fourth-order valence-electron chi connectivity index (χ4n) is 2.23. The van der Waals surface area contributed by atoms with Gasteiger partial charge in [0.15, 0.2) is 0 Å². The highest BCUT2D eigenvalue weighted by Gasteiger charge is 2.28. The molecule has 0 aliphatic heterocycles. The van der Waals surface area contributed by atoms with Crippen LogP contribution in [0.3, 0.4) is 0 Å². The number of nitrogens with zero attached hydrogens (tertiary/aromatic N) is 3. The first kappa shape index (κ1) is 11.1. The van der Waals surface area contributed by atoms with Gasteiger partial charge in [-0.1, -0.05) is 12.8 Å². The third-order valence-electron chi connectivity index (χ3n) is 3.18. The van der Waals surface area contributed by atoms with Crippen molar-refractivity contribution < 1.29 is 4.39 Å². The van der Waals surface area contributed by atoms with Gasteiger partial charge in [-0.3, -0.25) is 0 Å². The molecule has 0 bridgehead atoms. The van der Waals surface area contributed by atoms with Crippen LogP contribution < -0.4 is 10.6 Å². The predicted molar refractivity (Wildman–Crippen MR) is 62.0 cm³/mol. The van der Waals surface area contributed by atoms with Crippen molar-refractivity contribution in [2.75, 3.05) is 17.7 Å². The molecule has 2 atom stereocenters. The molecule has 4 nitrogen and oxygen atoms in total. The Hall–Kier alpha value is -1.39. The Kier molecular flexibility index (Phi) is 3.22. The molecule has 1 aromatic rings. The minimum atomic E-state index is -0.769. The standard InChI is InChI=1S/C11H17FN4/c1-16(9-5-3-2-4-8(9)12)11-6-10(13)14-7-15-11/h6-9H,2-5H2,1H3,(H2,13,14,15)/t8-,9-/m1/s1. The summed E-state index contributed by atoms with van der Waals surface area (Å²) >= 11 is 0. The summed E-state index contributed by atoms with van der Waals surface area (Å²) in [6, 6.07) is 1.60. The number of hydrogen-bond acceptors (Lipinski definition) is 4. The zero-order valence-corrected chi connectivity index (χ0v) is 9.43. The lowest BCUT2D eigenvalue weighted by Gasteiger charge is -2.34.